The molecule has 4 rings (SSSR count). The maximum atomic E-state index is 12.8. The first-order valence-corrected chi connectivity index (χ1v) is 9.12. The zero-order valence-electron chi connectivity index (χ0n) is 16.1. The minimum absolute atomic E-state index is 0.144. The van der Waals surface area contributed by atoms with Crippen LogP contribution in [0.4, 0.5) is 19.0 Å². The van der Waals surface area contributed by atoms with Crippen LogP contribution < -0.4 is 10.1 Å². The second-order valence-electron chi connectivity index (χ2n) is 6.81. The lowest BCUT2D eigenvalue weighted by atomic mass is 10.2. The fourth-order valence-electron chi connectivity index (χ4n) is 3.34. The lowest BCUT2D eigenvalue weighted by Crippen LogP contribution is -2.17. The molecule has 3 aromatic rings. The molecule has 3 aromatic heterocycles. The molecule has 8 nitrogen and oxygen atoms in total. The van der Waals surface area contributed by atoms with Crippen LogP contribution in [-0.4, -0.2) is 37.7 Å². The number of pyridine rings is 2. The van der Waals surface area contributed by atoms with E-state index in [0.717, 1.165) is 37.9 Å². The van der Waals surface area contributed by atoms with Gasteiger partial charge >= 0.3 is 6.18 Å². The smallest absolute Gasteiger partial charge is 0.433 e. The number of nitrogens with zero attached hydrogens (tertiary/aromatic N) is 5. The zero-order valence-corrected chi connectivity index (χ0v) is 16.1. The van der Waals surface area contributed by atoms with Gasteiger partial charge in [0.05, 0.1) is 7.11 Å². The van der Waals surface area contributed by atoms with Gasteiger partial charge in [0.25, 0.3) is 5.91 Å². The molecule has 1 aliphatic rings. The number of aryl methyl sites for hydroxylation is 1. The second kappa shape index (κ2) is 7.39. The molecular weight excluding hydrogens is 401 g/mol. The standard InChI is InChI=1S/C19H17F3N6O2/c1-10-6-9-15-26-27-16(28(10)15)12-4-3-5-14(23-12)25-17(29)11-7-8-13(19(20,21)22)24-18(11)30-2/h3-5,7-8,10H,6,9H2,1-2H3,(H,23,25,29)/t10-/m0/s1. The predicted molar refractivity (Wildman–Crippen MR) is 100 cm³/mol. The number of halogens is 3. The van der Waals surface area contributed by atoms with Gasteiger partial charge in [0.1, 0.15) is 28.6 Å². The summed E-state index contributed by atoms with van der Waals surface area (Å²) < 4.78 is 45.4. The summed E-state index contributed by atoms with van der Waals surface area (Å²) in [5.74, 6) is 0.566. The summed E-state index contributed by atoms with van der Waals surface area (Å²) in [5, 5.41) is 10.9. The van der Waals surface area contributed by atoms with Crippen LogP contribution in [0.25, 0.3) is 11.5 Å². The number of hydrogen-bond donors (Lipinski definition) is 1. The molecule has 156 valence electrons. The van der Waals surface area contributed by atoms with Crippen LogP contribution in [0.2, 0.25) is 0 Å². The Labute approximate surface area is 169 Å². The number of carbonyl (C=O) groups excluding carboxylic acids is 1. The number of methoxy groups -OCH3 is 1. The highest BCUT2D eigenvalue weighted by Gasteiger charge is 2.34. The van der Waals surface area contributed by atoms with Crippen LogP contribution in [0.3, 0.4) is 0 Å². The molecule has 1 aliphatic heterocycles. The molecule has 0 fully saturated rings. The van der Waals surface area contributed by atoms with E-state index in [4.69, 9.17) is 4.74 Å². The fraction of sp³-hybridized carbons (Fsp3) is 0.316. The van der Waals surface area contributed by atoms with Gasteiger partial charge in [-0.3, -0.25) is 4.79 Å². The lowest BCUT2D eigenvalue weighted by Gasteiger charge is -2.12. The van der Waals surface area contributed by atoms with Crippen LogP contribution >= 0.6 is 0 Å². The normalized spacial score (nSPS) is 15.7. The van der Waals surface area contributed by atoms with Crippen molar-refractivity contribution in [1.82, 2.24) is 24.7 Å². The van der Waals surface area contributed by atoms with Gasteiger partial charge in [-0.1, -0.05) is 6.07 Å². The molecule has 0 bridgehead atoms. The number of ether oxygens (including phenoxy) is 1. The van der Waals surface area contributed by atoms with E-state index in [2.05, 4.69) is 32.4 Å². The topological polar surface area (TPSA) is 94.8 Å². The van der Waals surface area contributed by atoms with Crippen LogP contribution in [0.15, 0.2) is 30.3 Å². The minimum atomic E-state index is -4.65. The van der Waals surface area contributed by atoms with Crippen molar-refractivity contribution in [3.05, 3.63) is 47.4 Å². The first-order valence-electron chi connectivity index (χ1n) is 9.12. The van der Waals surface area contributed by atoms with Crippen molar-refractivity contribution in [2.45, 2.75) is 32.0 Å². The molecule has 1 atom stereocenters. The molecule has 0 spiro atoms. The summed E-state index contributed by atoms with van der Waals surface area (Å²) in [6, 6.07) is 6.99. The third-order valence-electron chi connectivity index (χ3n) is 4.80. The quantitative estimate of drug-likeness (QED) is 0.697. The summed E-state index contributed by atoms with van der Waals surface area (Å²) in [5.41, 5.74) is -0.765. The van der Waals surface area contributed by atoms with E-state index in [0.29, 0.717) is 11.5 Å². The molecule has 30 heavy (non-hydrogen) atoms. The monoisotopic (exact) mass is 418 g/mol. The lowest BCUT2D eigenvalue weighted by molar-refractivity contribution is -0.141. The Morgan fingerprint density at radius 3 is 2.73 bits per heavy atom. The van der Waals surface area contributed by atoms with Crippen molar-refractivity contribution in [3.63, 3.8) is 0 Å². The van der Waals surface area contributed by atoms with E-state index >= 15 is 0 Å². The van der Waals surface area contributed by atoms with Crippen molar-refractivity contribution in [2.75, 3.05) is 12.4 Å². The molecular formula is C19H17F3N6O2. The maximum Gasteiger partial charge on any atom is 0.433 e. The minimum Gasteiger partial charge on any atom is -0.480 e. The molecule has 0 saturated heterocycles. The van der Waals surface area contributed by atoms with Gasteiger partial charge < -0.3 is 14.6 Å². The first kappa shape index (κ1) is 19.8. The van der Waals surface area contributed by atoms with Gasteiger partial charge in [0.2, 0.25) is 5.88 Å². The van der Waals surface area contributed by atoms with E-state index < -0.39 is 23.7 Å². The summed E-state index contributed by atoms with van der Waals surface area (Å²) in [6.45, 7) is 2.07. The number of nitrogens with one attached hydrogen (secondary N) is 1. The van der Waals surface area contributed by atoms with Crippen LogP contribution in [0.1, 0.15) is 41.3 Å². The van der Waals surface area contributed by atoms with Crippen molar-refractivity contribution in [3.8, 4) is 17.4 Å². The van der Waals surface area contributed by atoms with E-state index in [1.54, 1.807) is 18.2 Å². The van der Waals surface area contributed by atoms with Gasteiger partial charge in [-0.05, 0) is 37.6 Å². The Morgan fingerprint density at radius 1 is 1.20 bits per heavy atom. The number of hydrogen-bond acceptors (Lipinski definition) is 6. The Morgan fingerprint density at radius 2 is 2.00 bits per heavy atom. The van der Waals surface area contributed by atoms with Gasteiger partial charge in [-0.2, -0.15) is 13.2 Å². The fourth-order valence-corrected chi connectivity index (χ4v) is 3.34. The highest BCUT2D eigenvalue weighted by Crippen LogP contribution is 2.31. The summed E-state index contributed by atoms with van der Waals surface area (Å²) in [7, 11) is 1.14. The molecule has 11 heteroatoms. The van der Waals surface area contributed by atoms with Gasteiger partial charge in [-0.25, -0.2) is 9.97 Å². The Kier molecular flexibility index (Phi) is 4.88. The van der Waals surface area contributed by atoms with Crippen LogP contribution in [0, 0.1) is 0 Å². The average Bonchev–Trinajstić information content (AvgIpc) is 3.30. The number of rotatable bonds is 4. The number of carbonyl (C=O) groups is 1. The summed E-state index contributed by atoms with van der Waals surface area (Å²) >= 11 is 0. The van der Waals surface area contributed by atoms with Crippen molar-refractivity contribution < 1.29 is 22.7 Å². The van der Waals surface area contributed by atoms with Crippen molar-refractivity contribution >= 4 is 11.7 Å². The van der Waals surface area contributed by atoms with Crippen LogP contribution in [-0.2, 0) is 12.6 Å². The van der Waals surface area contributed by atoms with E-state index in [-0.39, 0.29) is 17.4 Å². The summed E-state index contributed by atoms with van der Waals surface area (Å²) in [6.07, 6.45) is -2.84. The van der Waals surface area contributed by atoms with E-state index in [1.807, 2.05) is 4.57 Å². The molecule has 1 amide bonds. The Bertz CT molecular complexity index is 1110. The average molecular weight is 418 g/mol. The van der Waals surface area contributed by atoms with Gasteiger partial charge in [0.15, 0.2) is 5.82 Å². The number of alkyl halides is 3. The maximum absolute atomic E-state index is 12.8. The predicted octanol–water partition coefficient (Wildman–Crippen LogP) is 3.52. The number of fused-ring (bicyclic) bond motifs is 1. The van der Waals surface area contributed by atoms with E-state index in [1.165, 1.54) is 0 Å². The van der Waals surface area contributed by atoms with E-state index in [9.17, 15) is 18.0 Å². The Balaban J connectivity index is 1.60. The highest BCUT2D eigenvalue weighted by atomic mass is 19.4. The molecule has 1 N–H and O–H groups in total. The van der Waals surface area contributed by atoms with Crippen LogP contribution in [0.5, 0.6) is 5.88 Å². The van der Waals surface area contributed by atoms with Crippen molar-refractivity contribution in [2.24, 2.45) is 0 Å². The number of anilines is 1. The van der Waals surface area contributed by atoms with Gasteiger partial charge in [-0.15, -0.1) is 10.2 Å². The molecule has 0 radical (unpaired) electrons. The molecule has 0 aromatic carbocycles. The number of amides is 1. The number of aromatic nitrogens is 5. The van der Waals surface area contributed by atoms with Crippen molar-refractivity contribution in [1.29, 1.82) is 0 Å². The molecule has 0 saturated carbocycles. The molecule has 4 heterocycles. The largest absolute Gasteiger partial charge is 0.480 e. The Hall–Kier alpha value is -3.50. The molecule has 0 aliphatic carbocycles. The summed E-state index contributed by atoms with van der Waals surface area (Å²) in [4.78, 5) is 20.4. The SMILES string of the molecule is COc1nc(C(F)(F)F)ccc1C(=O)Nc1cccc(-c2nnc3n2[C@@H](C)CC3)n1. The first-order chi connectivity index (χ1) is 14.3. The van der Waals surface area contributed by atoms with Gasteiger partial charge in [0, 0.05) is 12.5 Å². The molecule has 0 unspecified atom stereocenters. The second-order valence-corrected chi connectivity index (χ2v) is 6.81. The zero-order chi connectivity index (χ0) is 21.5. The third-order valence-corrected chi connectivity index (χ3v) is 4.80. The highest BCUT2D eigenvalue weighted by molar-refractivity contribution is 6.05. The third kappa shape index (κ3) is 3.58.